The molecule has 0 aliphatic rings. The summed E-state index contributed by atoms with van der Waals surface area (Å²) in [5.41, 5.74) is 1.55. The average molecular weight is 234 g/mol. The lowest BCUT2D eigenvalue weighted by Crippen LogP contribution is -2.12. The maximum Gasteiger partial charge on any atom is 0.313 e. The molecular formula is C13H14O4. The van der Waals surface area contributed by atoms with E-state index in [1.165, 1.54) is 6.07 Å². The number of rotatable bonds is 5. The predicted molar refractivity (Wildman–Crippen MR) is 62.1 cm³/mol. The lowest BCUT2D eigenvalue weighted by molar-refractivity contribution is -0.141. The Morgan fingerprint density at radius 1 is 1.35 bits per heavy atom. The van der Waals surface area contributed by atoms with Gasteiger partial charge in [-0.15, -0.1) is 0 Å². The zero-order valence-corrected chi connectivity index (χ0v) is 9.86. The molecule has 0 unspecified atom stereocenters. The second-order valence-electron chi connectivity index (χ2n) is 3.60. The van der Waals surface area contributed by atoms with Crippen molar-refractivity contribution in [2.45, 2.75) is 20.3 Å². The van der Waals surface area contributed by atoms with Crippen LogP contribution in [0.3, 0.4) is 0 Å². The van der Waals surface area contributed by atoms with Gasteiger partial charge in [0.2, 0.25) is 0 Å². The van der Waals surface area contributed by atoms with Crippen LogP contribution in [0.2, 0.25) is 0 Å². The molecule has 90 valence electrons. The highest BCUT2D eigenvalue weighted by atomic mass is 16.5. The van der Waals surface area contributed by atoms with Crippen LogP contribution in [0.25, 0.3) is 0 Å². The van der Waals surface area contributed by atoms with Crippen molar-refractivity contribution in [3.8, 4) is 0 Å². The van der Waals surface area contributed by atoms with Gasteiger partial charge in [-0.3, -0.25) is 14.4 Å². The van der Waals surface area contributed by atoms with Crippen LogP contribution in [-0.2, 0) is 9.53 Å². The zero-order chi connectivity index (χ0) is 12.8. The number of Topliss-reactive ketones (excluding diaryl/α,β-unsaturated/α-hetero) is 1. The molecule has 0 aliphatic heterocycles. The van der Waals surface area contributed by atoms with Crippen molar-refractivity contribution < 1.29 is 19.1 Å². The van der Waals surface area contributed by atoms with E-state index in [2.05, 4.69) is 0 Å². The lowest BCUT2D eigenvalue weighted by Gasteiger charge is -2.05. The van der Waals surface area contributed by atoms with Gasteiger partial charge >= 0.3 is 5.97 Å². The third-order valence-electron chi connectivity index (χ3n) is 2.31. The van der Waals surface area contributed by atoms with Crippen LogP contribution >= 0.6 is 0 Å². The molecule has 0 atom stereocenters. The Bertz CT molecular complexity index is 449. The molecule has 0 saturated carbocycles. The molecular weight excluding hydrogens is 220 g/mol. The summed E-state index contributed by atoms with van der Waals surface area (Å²) in [6.07, 6.45) is 0.373. The van der Waals surface area contributed by atoms with Crippen molar-refractivity contribution in [3.05, 3.63) is 34.9 Å². The second-order valence-corrected chi connectivity index (χ2v) is 3.60. The first-order valence-corrected chi connectivity index (χ1v) is 5.33. The fourth-order valence-electron chi connectivity index (χ4n) is 1.45. The minimum absolute atomic E-state index is 0.249. The number of aryl methyl sites for hydroxylation is 1. The monoisotopic (exact) mass is 234 g/mol. The number of esters is 1. The Morgan fingerprint density at radius 3 is 2.65 bits per heavy atom. The van der Waals surface area contributed by atoms with E-state index in [0.717, 1.165) is 5.56 Å². The maximum absolute atomic E-state index is 11.8. The van der Waals surface area contributed by atoms with E-state index in [-0.39, 0.29) is 18.8 Å². The van der Waals surface area contributed by atoms with E-state index in [1.807, 2.05) is 0 Å². The van der Waals surface area contributed by atoms with Crippen molar-refractivity contribution in [3.63, 3.8) is 0 Å². The van der Waals surface area contributed by atoms with Crippen LogP contribution < -0.4 is 0 Å². The third kappa shape index (κ3) is 3.52. The molecule has 0 heterocycles. The highest BCUT2D eigenvalue weighted by Gasteiger charge is 2.15. The second kappa shape index (κ2) is 5.94. The highest BCUT2D eigenvalue weighted by molar-refractivity contribution is 6.07. The molecule has 0 fully saturated rings. The van der Waals surface area contributed by atoms with Crippen molar-refractivity contribution in [2.75, 3.05) is 6.61 Å². The fourth-order valence-corrected chi connectivity index (χ4v) is 1.45. The van der Waals surface area contributed by atoms with Crippen LogP contribution in [0.4, 0.5) is 0 Å². The van der Waals surface area contributed by atoms with Crippen molar-refractivity contribution >= 4 is 18.0 Å². The number of benzene rings is 1. The molecule has 0 bridgehead atoms. The molecule has 1 aromatic carbocycles. The van der Waals surface area contributed by atoms with Gasteiger partial charge in [0, 0.05) is 11.1 Å². The molecule has 0 aliphatic carbocycles. The third-order valence-corrected chi connectivity index (χ3v) is 2.31. The van der Waals surface area contributed by atoms with Crippen LogP contribution in [0.5, 0.6) is 0 Å². The first-order chi connectivity index (χ1) is 8.08. The lowest BCUT2D eigenvalue weighted by atomic mass is 10.0. The summed E-state index contributed by atoms with van der Waals surface area (Å²) in [7, 11) is 0. The van der Waals surface area contributed by atoms with E-state index in [0.29, 0.717) is 17.4 Å². The van der Waals surface area contributed by atoms with Gasteiger partial charge in [-0.05, 0) is 25.5 Å². The van der Waals surface area contributed by atoms with Gasteiger partial charge in [-0.2, -0.15) is 0 Å². The fraction of sp³-hybridized carbons (Fsp3) is 0.308. The summed E-state index contributed by atoms with van der Waals surface area (Å²) >= 11 is 0. The molecule has 0 saturated heterocycles. The Kier molecular flexibility index (Phi) is 4.57. The van der Waals surface area contributed by atoms with Gasteiger partial charge in [0.05, 0.1) is 6.61 Å². The van der Waals surface area contributed by atoms with Crippen molar-refractivity contribution in [1.82, 2.24) is 0 Å². The van der Waals surface area contributed by atoms with E-state index < -0.39 is 5.97 Å². The SMILES string of the molecule is CCOC(=O)CC(=O)c1cc(C=O)ccc1C. The number of carbonyl (C=O) groups is 3. The minimum atomic E-state index is -0.548. The van der Waals surface area contributed by atoms with Crippen molar-refractivity contribution in [1.29, 1.82) is 0 Å². The van der Waals surface area contributed by atoms with E-state index in [9.17, 15) is 14.4 Å². The Balaban J connectivity index is 2.88. The highest BCUT2D eigenvalue weighted by Crippen LogP contribution is 2.12. The van der Waals surface area contributed by atoms with Gasteiger partial charge in [0.25, 0.3) is 0 Å². The number of carbonyl (C=O) groups excluding carboxylic acids is 3. The molecule has 1 rings (SSSR count). The average Bonchev–Trinajstić information content (AvgIpc) is 2.29. The van der Waals surface area contributed by atoms with Crippen LogP contribution in [0.15, 0.2) is 18.2 Å². The molecule has 4 nitrogen and oxygen atoms in total. The standard InChI is InChI=1S/C13H14O4/c1-3-17-13(16)7-12(15)11-6-10(8-14)5-4-9(11)2/h4-6,8H,3,7H2,1-2H3. The van der Waals surface area contributed by atoms with Crippen LogP contribution in [0.1, 0.15) is 39.6 Å². The molecule has 0 spiro atoms. The van der Waals surface area contributed by atoms with E-state index >= 15 is 0 Å². The zero-order valence-electron chi connectivity index (χ0n) is 9.86. The van der Waals surface area contributed by atoms with E-state index in [1.54, 1.807) is 26.0 Å². The number of aldehydes is 1. The summed E-state index contributed by atoms with van der Waals surface area (Å²) in [5.74, 6) is -0.877. The number of hydrogen-bond donors (Lipinski definition) is 0. The molecule has 0 amide bonds. The molecule has 17 heavy (non-hydrogen) atoms. The van der Waals surface area contributed by atoms with Gasteiger partial charge < -0.3 is 4.74 Å². The van der Waals surface area contributed by atoms with Gasteiger partial charge in [-0.25, -0.2) is 0 Å². The first-order valence-electron chi connectivity index (χ1n) is 5.33. The topological polar surface area (TPSA) is 60.4 Å². The maximum atomic E-state index is 11.8. The summed E-state index contributed by atoms with van der Waals surface area (Å²) < 4.78 is 4.70. The molecule has 0 radical (unpaired) electrons. The Labute approximate surface area is 99.6 Å². The number of ketones is 1. The van der Waals surface area contributed by atoms with Crippen molar-refractivity contribution in [2.24, 2.45) is 0 Å². The summed E-state index contributed by atoms with van der Waals surface area (Å²) in [4.78, 5) is 33.6. The summed E-state index contributed by atoms with van der Waals surface area (Å²) in [6.45, 7) is 3.69. The quantitative estimate of drug-likeness (QED) is 0.338. The molecule has 0 aromatic heterocycles. The smallest absolute Gasteiger partial charge is 0.313 e. The molecule has 4 heteroatoms. The van der Waals surface area contributed by atoms with Crippen LogP contribution in [0, 0.1) is 6.92 Å². The largest absolute Gasteiger partial charge is 0.466 e. The minimum Gasteiger partial charge on any atom is -0.466 e. The Hall–Kier alpha value is -1.97. The van der Waals surface area contributed by atoms with Gasteiger partial charge in [0.1, 0.15) is 12.7 Å². The Morgan fingerprint density at radius 2 is 2.06 bits per heavy atom. The normalized spacial score (nSPS) is 9.76. The first kappa shape index (κ1) is 13.1. The van der Waals surface area contributed by atoms with Gasteiger partial charge in [0.15, 0.2) is 5.78 Å². The predicted octanol–water partition coefficient (Wildman–Crippen LogP) is 1.94. The van der Waals surface area contributed by atoms with Gasteiger partial charge in [-0.1, -0.05) is 12.1 Å². The summed E-state index contributed by atoms with van der Waals surface area (Å²) in [5, 5.41) is 0. The number of hydrogen-bond acceptors (Lipinski definition) is 4. The molecule has 1 aromatic rings. The van der Waals surface area contributed by atoms with E-state index in [4.69, 9.17) is 4.74 Å². The summed E-state index contributed by atoms with van der Waals surface area (Å²) in [6, 6.07) is 4.80. The van der Waals surface area contributed by atoms with Crippen LogP contribution in [-0.4, -0.2) is 24.6 Å². The number of ether oxygens (including phenoxy) is 1. The molecule has 0 N–H and O–H groups in total.